The first kappa shape index (κ1) is 7.32. The third kappa shape index (κ3) is 1.59. The summed E-state index contributed by atoms with van der Waals surface area (Å²) in [5.41, 5.74) is 0. The molecule has 1 aliphatic rings. The molecule has 1 unspecified atom stereocenters. The monoisotopic (exact) mass is 139 g/mol. The van der Waals surface area contributed by atoms with Crippen LogP contribution in [0.15, 0.2) is 16.8 Å². The van der Waals surface area contributed by atoms with Gasteiger partial charge in [-0.3, -0.25) is 0 Å². The number of rotatable bonds is 1. The summed E-state index contributed by atoms with van der Waals surface area (Å²) in [6, 6.07) is 0.341. The van der Waals surface area contributed by atoms with Crippen molar-refractivity contribution < 1.29 is 4.74 Å². The Kier molecular flexibility index (Phi) is 2.10. The van der Waals surface area contributed by atoms with Crippen molar-refractivity contribution in [3.8, 4) is 0 Å². The van der Waals surface area contributed by atoms with Gasteiger partial charge in [0.05, 0.1) is 6.04 Å². The molecule has 0 saturated heterocycles. The third-order valence-electron chi connectivity index (χ3n) is 1.50. The predicted octanol–water partition coefficient (Wildman–Crippen LogP) is 2.12. The molecule has 10 heavy (non-hydrogen) atoms. The van der Waals surface area contributed by atoms with Crippen molar-refractivity contribution in [1.29, 1.82) is 0 Å². The van der Waals surface area contributed by atoms with Crippen molar-refractivity contribution >= 4 is 5.90 Å². The Bertz CT molecular complexity index is 164. The Morgan fingerprint density at radius 1 is 1.60 bits per heavy atom. The molecule has 0 aromatic rings. The molecule has 0 aromatic carbocycles. The normalized spacial score (nSPS) is 24.9. The number of ether oxygens (including phenoxy) is 1. The van der Waals surface area contributed by atoms with Gasteiger partial charge in [0.2, 0.25) is 0 Å². The summed E-state index contributed by atoms with van der Waals surface area (Å²) < 4.78 is 5.23. The average molecular weight is 139 g/mol. The number of hydrogen-bond acceptors (Lipinski definition) is 2. The summed E-state index contributed by atoms with van der Waals surface area (Å²) in [4.78, 5) is 4.27. The van der Waals surface area contributed by atoms with Crippen LogP contribution in [0.2, 0.25) is 0 Å². The highest BCUT2D eigenvalue weighted by Crippen LogP contribution is 2.11. The highest BCUT2D eigenvalue weighted by molar-refractivity contribution is 5.75. The zero-order valence-electron chi connectivity index (χ0n) is 6.72. The third-order valence-corrected chi connectivity index (χ3v) is 1.50. The number of hydrogen-bond donors (Lipinski definition) is 0. The Balaban J connectivity index is 2.67. The van der Waals surface area contributed by atoms with Gasteiger partial charge in [-0.25, -0.2) is 4.99 Å². The minimum Gasteiger partial charge on any atom is -0.449 e. The van der Waals surface area contributed by atoms with Gasteiger partial charge in [-0.05, 0) is 19.4 Å². The Morgan fingerprint density at radius 2 is 2.30 bits per heavy atom. The van der Waals surface area contributed by atoms with Gasteiger partial charge >= 0.3 is 0 Å². The molecular formula is C8H13NO. The van der Waals surface area contributed by atoms with Gasteiger partial charge in [0.1, 0.15) is 5.76 Å². The molecule has 0 aromatic heterocycles. The summed E-state index contributed by atoms with van der Waals surface area (Å²) in [5.74, 6) is 1.76. The van der Waals surface area contributed by atoms with Crippen LogP contribution in [0.4, 0.5) is 0 Å². The number of allylic oxidation sites excluding steroid dienone is 1. The van der Waals surface area contributed by atoms with E-state index >= 15 is 0 Å². The SMILES string of the molecule is CCC1C=C(C)OC(C)=N1. The van der Waals surface area contributed by atoms with Crippen LogP contribution in [0.5, 0.6) is 0 Å². The second kappa shape index (κ2) is 2.86. The maximum atomic E-state index is 5.23. The van der Waals surface area contributed by atoms with Crippen LogP contribution < -0.4 is 0 Å². The quantitative estimate of drug-likeness (QED) is 0.545. The van der Waals surface area contributed by atoms with Crippen LogP contribution in [0, 0.1) is 0 Å². The molecule has 0 bridgehead atoms. The van der Waals surface area contributed by atoms with Crippen LogP contribution in [-0.2, 0) is 4.74 Å². The fraction of sp³-hybridized carbons (Fsp3) is 0.625. The molecule has 1 heterocycles. The summed E-state index contributed by atoms with van der Waals surface area (Å²) in [7, 11) is 0. The zero-order chi connectivity index (χ0) is 7.56. The molecule has 0 saturated carbocycles. The molecule has 0 radical (unpaired) electrons. The van der Waals surface area contributed by atoms with Gasteiger partial charge in [0, 0.05) is 6.92 Å². The molecule has 0 fully saturated rings. The summed E-state index contributed by atoms with van der Waals surface area (Å²) in [5, 5.41) is 0. The van der Waals surface area contributed by atoms with E-state index in [4.69, 9.17) is 4.74 Å². The maximum Gasteiger partial charge on any atom is 0.187 e. The Morgan fingerprint density at radius 3 is 2.80 bits per heavy atom. The number of nitrogens with zero attached hydrogens (tertiary/aromatic N) is 1. The first-order valence-electron chi connectivity index (χ1n) is 3.63. The van der Waals surface area contributed by atoms with Gasteiger partial charge in [0.15, 0.2) is 5.90 Å². The van der Waals surface area contributed by atoms with Crippen molar-refractivity contribution in [1.82, 2.24) is 0 Å². The topological polar surface area (TPSA) is 21.6 Å². The van der Waals surface area contributed by atoms with Crippen LogP contribution in [0.25, 0.3) is 0 Å². The Labute approximate surface area is 61.6 Å². The van der Waals surface area contributed by atoms with E-state index in [-0.39, 0.29) is 0 Å². The predicted molar refractivity (Wildman–Crippen MR) is 42.0 cm³/mol. The molecule has 0 amide bonds. The first-order valence-corrected chi connectivity index (χ1v) is 3.63. The standard InChI is InChI=1S/C8H13NO/c1-4-8-5-6(2)10-7(3)9-8/h5,8H,4H2,1-3H3. The lowest BCUT2D eigenvalue weighted by molar-refractivity contribution is 0.391. The van der Waals surface area contributed by atoms with E-state index in [1.54, 1.807) is 0 Å². The lowest BCUT2D eigenvalue weighted by Gasteiger charge is -2.15. The van der Waals surface area contributed by atoms with E-state index in [2.05, 4.69) is 11.9 Å². The lowest BCUT2D eigenvalue weighted by atomic mass is 10.2. The van der Waals surface area contributed by atoms with Gasteiger partial charge < -0.3 is 4.74 Å². The van der Waals surface area contributed by atoms with Gasteiger partial charge in [-0.15, -0.1) is 0 Å². The van der Waals surface area contributed by atoms with E-state index in [9.17, 15) is 0 Å². The molecule has 1 aliphatic heterocycles. The van der Waals surface area contributed by atoms with Crippen LogP contribution >= 0.6 is 0 Å². The Hall–Kier alpha value is -0.790. The second-order valence-electron chi connectivity index (χ2n) is 2.50. The molecule has 0 spiro atoms. The fourth-order valence-corrected chi connectivity index (χ4v) is 1.04. The average Bonchev–Trinajstić information content (AvgIpc) is 1.85. The van der Waals surface area contributed by atoms with Crippen LogP contribution in [-0.4, -0.2) is 11.9 Å². The van der Waals surface area contributed by atoms with Crippen LogP contribution in [0.1, 0.15) is 27.2 Å². The van der Waals surface area contributed by atoms with Crippen molar-refractivity contribution in [2.45, 2.75) is 33.2 Å². The van der Waals surface area contributed by atoms with Crippen LogP contribution in [0.3, 0.4) is 0 Å². The van der Waals surface area contributed by atoms with Crippen molar-refractivity contribution in [3.05, 3.63) is 11.8 Å². The first-order chi connectivity index (χ1) is 4.72. The van der Waals surface area contributed by atoms with E-state index in [0.29, 0.717) is 6.04 Å². The highest BCUT2D eigenvalue weighted by atomic mass is 16.5. The molecular weight excluding hydrogens is 126 g/mol. The highest BCUT2D eigenvalue weighted by Gasteiger charge is 2.08. The smallest absolute Gasteiger partial charge is 0.187 e. The van der Waals surface area contributed by atoms with Crippen molar-refractivity contribution in [3.63, 3.8) is 0 Å². The van der Waals surface area contributed by atoms with E-state index in [1.165, 1.54) is 0 Å². The molecule has 0 N–H and O–H groups in total. The van der Waals surface area contributed by atoms with Gasteiger partial charge in [0.25, 0.3) is 0 Å². The zero-order valence-corrected chi connectivity index (χ0v) is 6.72. The number of aliphatic imine (C=N–C) groups is 1. The minimum absolute atomic E-state index is 0.341. The minimum atomic E-state index is 0.341. The van der Waals surface area contributed by atoms with E-state index in [1.807, 2.05) is 19.9 Å². The molecule has 1 rings (SSSR count). The van der Waals surface area contributed by atoms with E-state index in [0.717, 1.165) is 18.1 Å². The van der Waals surface area contributed by atoms with Crippen molar-refractivity contribution in [2.75, 3.05) is 0 Å². The molecule has 2 heteroatoms. The summed E-state index contributed by atoms with van der Waals surface area (Å²) >= 11 is 0. The van der Waals surface area contributed by atoms with E-state index < -0.39 is 0 Å². The van der Waals surface area contributed by atoms with Gasteiger partial charge in [-0.2, -0.15) is 0 Å². The molecule has 56 valence electrons. The maximum absolute atomic E-state index is 5.23. The summed E-state index contributed by atoms with van der Waals surface area (Å²) in [6.07, 6.45) is 3.10. The largest absolute Gasteiger partial charge is 0.449 e. The lowest BCUT2D eigenvalue weighted by Crippen LogP contribution is -2.12. The molecule has 2 nitrogen and oxygen atoms in total. The molecule has 0 aliphatic carbocycles. The summed E-state index contributed by atoms with van der Waals surface area (Å²) in [6.45, 7) is 5.97. The van der Waals surface area contributed by atoms with Gasteiger partial charge in [-0.1, -0.05) is 6.92 Å². The van der Waals surface area contributed by atoms with Crippen molar-refractivity contribution in [2.24, 2.45) is 4.99 Å². The second-order valence-corrected chi connectivity index (χ2v) is 2.50. The fourth-order valence-electron chi connectivity index (χ4n) is 1.04. The molecule has 1 atom stereocenters.